The van der Waals surface area contributed by atoms with Crippen molar-refractivity contribution in [1.82, 2.24) is 20.3 Å². The summed E-state index contributed by atoms with van der Waals surface area (Å²) >= 11 is 0. The quantitative estimate of drug-likeness (QED) is 0.416. The van der Waals surface area contributed by atoms with Gasteiger partial charge in [0.1, 0.15) is 11.6 Å². The summed E-state index contributed by atoms with van der Waals surface area (Å²) in [4.78, 5) is 37.4. The first kappa shape index (κ1) is 21.4. The standard InChI is InChI=1S/C24H19N7O2/c1-14-6-7-27-12-18(14)20-8-17-9-21(28-13-19(17)22(26)30-20)31-24(33)23(32)29-11-16-5-3-2-4-15(16)10-25/h2-9,12-13H,11H2,1H3,(H2,26,30)(H,29,32)(H,28,31,33). The zero-order chi connectivity index (χ0) is 23.4. The van der Waals surface area contributed by atoms with E-state index in [1.807, 2.05) is 25.1 Å². The van der Waals surface area contributed by atoms with Crippen LogP contribution in [0.3, 0.4) is 0 Å². The Balaban J connectivity index is 1.52. The Labute approximate surface area is 189 Å². The van der Waals surface area contributed by atoms with E-state index in [9.17, 15) is 9.59 Å². The zero-order valence-corrected chi connectivity index (χ0v) is 17.7. The molecule has 3 aromatic heterocycles. The molecule has 1 aromatic carbocycles. The van der Waals surface area contributed by atoms with Crippen LogP contribution >= 0.6 is 0 Å². The fourth-order valence-electron chi connectivity index (χ4n) is 3.32. The predicted octanol–water partition coefficient (Wildman–Crippen LogP) is 2.71. The summed E-state index contributed by atoms with van der Waals surface area (Å²) in [6.07, 6.45) is 4.90. The summed E-state index contributed by atoms with van der Waals surface area (Å²) < 4.78 is 0. The molecular weight excluding hydrogens is 418 g/mol. The molecule has 0 saturated carbocycles. The molecule has 0 aliphatic rings. The maximum absolute atomic E-state index is 12.4. The van der Waals surface area contributed by atoms with Gasteiger partial charge in [0.15, 0.2) is 0 Å². The maximum atomic E-state index is 12.4. The molecule has 3 heterocycles. The van der Waals surface area contributed by atoms with Crippen LogP contribution in [0.2, 0.25) is 0 Å². The molecule has 0 radical (unpaired) electrons. The minimum atomic E-state index is -0.873. The lowest BCUT2D eigenvalue weighted by molar-refractivity contribution is -0.136. The third-order valence-corrected chi connectivity index (χ3v) is 5.09. The van der Waals surface area contributed by atoms with Gasteiger partial charge in [-0.2, -0.15) is 5.26 Å². The molecule has 4 N–H and O–H groups in total. The van der Waals surface area contributed by atoms with Crippen LogP contribution in [-0.4, -0.2) is 26.8 Å². The van der Waals surface area contributed by atoms with Crippen LogP contribution in [0.25, 0.3) is 22.0 Å². The minimum absolute atomic E-state index is 0.0527. The Bertz CT molecular complexity index is 1430. The lowest BCUT2D eigenvalue weighted by atomic mass is 10.1. The smallest absolute Gasteiger partial charge is 0.314 e. The molecule has 0 aliphatic heterocycles. The number of carbonyl (C=O) groups is 2. The largest absolute Gasteiger partial charge is 0.383 e. The first-order chi connectivity index (χ1) is 16.0. The van der Waals surface area contributed by atoms with Crippen molar-refractivity contribution in [2.24, 2.45) is 0 Å². The van der Waals surface area contributed by atoms with Crippen LogP contribution in [0.4, 0.5) is 11.6 Å². The van der Waals surface area contributed by atoms with Gasteiger partial charge in [-0.15, -0.1) is 0 Å². The zero-order valence-electron chi connectivity index (χ0n) is 17.7. The molecule has 9 nitrogen and oxygen atoms in total. The van der Waals surface area contributed by atoms with Crippen LogP contribution in [0.15, 0.2) is 61.1 Å². The summed E-state index contributed by atoms with van der Waals surface area (Å²) in [6.45, 7) is 2.00. The van der Waals surface area contributed by atoms with Crippen LogP contribution in [0.5, 0.6) is 0 Å². The van der Waals surface area contributed by atoms with Crippen LogP contribution in [0, 0.1) is 18.3 Å². The third-order valence-electron chi connectivity index (χ3n) is 5.09. The molecule has 162 valence electrons. The number of nitriles is 1. The molecule has 9 heteroatoms. The van der Waals surface area contributed by atoms with Gasteiger partial charge in [-0.3, -0.25) is 14.6 Å². The Morgan fingerprint density at radius 1 is 1.12 bits per heavy atom. The Morgan fingerprint density at radius 3 is 2.73 bits per heavy atom. The molecule has 0 saturated heterocycles. The van der Waals surface area contributed by atoms with Gasteiger partial charge in [0.2, 0.25) is 0 Å². The molecule has 4 aromatic rings. The predicted molar refractivity (Wildman–Crippen MR) is 124 cm³/mol. The van der Waals surface area contributed by atoms with E-state index in [4.69, 9.17) is 11.0 Å². The Kier molecular flexibility index (Phi) is 5.91. The van der Waals surface area contributed by atoms with Crippen molar-refractivity contribution in [3.05, 3.63) is 77.7 Å². The van der Waals surface area contributed by atoms with Crippen molar-refractivity contribution in [3.63, 3.8) is 0 Å². The highest BCUT2D eigenvalue weighted by Gasteiger charge is 2.16. The summed E-state index contributed by atoms with van der Waals surface area (Å²) in [5.74, 6) is -1.23. The van der Waals surface area contributed by atoms with E-state index in [1.54, 1.807) is 42.7 Å². The number of carbonyl (C=O) groups excluding carboxylic acids is 2. The summed E-state index contributed by atoms with van der Waals surface area (Å²) in [5.41, 5.74) is 9.64. The van der Waals surface area contributed by atoms with Gasteiger partial charge in [-0.05, 0) is 47.7 Å². The van der Waals surface area contributed by atoms with Crippen LogP contribution in [-0.2, 0) is 16.1 Å². The highest BCUT2D eigenvalue weighted by atomic mass is 16.2. The lowest BCUT2D eigenvalue weighted by Gasteiger charge is -2.10. The number of nitrogens with two attached hydrogens (primary N) is 1. The van der Waals surface area contributed by atoms with Gasteiger partial charge in [0.05, 0.1) is 17.3 Å². The van der Waals surface area contributed by atoms with Crippen molar-refractivity contribution in [2.45, 2.75) is 13.5 Å². The number of fused-ring (bicyclic) bond motifs is 1. The molecule has 0 fully saturated rings. The number of nitrogens with zero attached hydrogens (tertiary/aromatic N) is 4. The molecule has 2 amide bonds. The molecule has 0 unspecified atom stereocenters. The van der Waals surface area contributed by atoms with Crippen molar-refractivity contribution in [3.8, 4) is 17.3 Å². The van der Waals surface area contributed by atoms with Gasteiger partial charge < -0.3 is 16.4 Å². The van der Waals surface area contributed by atoms with Gasteiger partial charge in [0, 0.05) is 36.1 Å². The number of benzene rings is 1. The molecule has 0 bridgehead atoms. The number of hydrogen-bond acceptors (Lipinski definition) is 7. The molecule has 0 spiro atoms. The topological polar surface area (TPSA) is 147 Å². The van der Waals surface area contributed by atoms with Crippen LogP contribution < -0.4 is 16.4 Å². The lowest BCUT2D eigenvalue weighted by Crippen LogP contribution is -2.35. The van der Waals surface area contributed by atoms with E-state index in [1.165, 1.54) is 6.20 Å². The highest BCUT2D eigenvalue weighted by molar-refractivity contribution is 6.39. The fraction of sp³-hybridized carbons (Fsp3) is 0.0833. The Morgan fingerprint density at radius 2 is 1.94 bits per heavy atom. The van der Waals surface area contributed by atoms with Gasteiger partial charge >= 0.3 is 11.8 Å². The van der Waals surface area contributed by atoms with Gasteiger partial charge in [-0.1, -0.05) is 18.2 Å². The van der Waals surface area contributed by atoms with E-state index in [-0.39, 0.29) is 12.4 Å². The number of rotatable bonds is 4. The average Bonchev–Trinajstić information content (AvgIpc) is 2.82. The second-order valence-electron chi connectivity index (χ2n) is 7.28. The second-order valence-corrected chi connectivity index (χ2v) is 7.28. The summed E-state index contributed by atoms with van der Waals surface area (Å²) in [7, 11) is 0. The SMILES string of the molecule is Cc1ccncc1-c1cc2cc(NC(=O)C(=O)NCc3ccccc3C#N)ncc2c(N)n1. The average molecular weight is 437 g/mol. The van der Waals surface area contributed by atoms with E-state index < -0.39 is 11.8 Å². The number of anilines is 2. The second kappa shape index (κ2) is 9.11. The first-order valence-electron chi connectivity index (χ1n) is 10.0. The molecule has 0 atom stereocenters. The number of hydrogen-bond donors (Lipinski definition) is 3. The van der Waals surface area contributed by atoms with Crippen molar-refractivity contribution >= 4 is 34.2 Å². The van der Waals surface area contributed by atoms with Crippen molar-refractivity contribution < 1.29 is 9.59 Å². The monoisotopic (exact) mass is 437 g/mol. The highest BCUT2D eigenvalue weighted by Crippen LogP contribution is 2.28. The number of nitrogens with one attached hydrogen (secondary N) is 2. The fourth-order valence-corrected chi connectivity index (χ4v) is 3.32. The van der Waals surface area contributed by atoms with E-state index in [2.05, 4.69) is 25.6 Å². The maximum Gasteiger partial charge on any atom is 0.314 e. The summed E-state index contributed by atoms with van der Waals surface area (Å²) in [5, 5.41) is 15.5. The van der Waals surface area contributed by atoms with Crippen LogP contribution in [0.1, 0.15) is 16.7 Å². The molecule has 0 aliphatic carbocycles. The number of aromatic nitrogens is 3. The van der Waals surface area contributed by atoms with Crippen molar-refractivity contribution in [2.75, 3.05) is 11.1 Å². The first-order valence-corrected chi connectivity index (χ1v) is 10.0. The third kappa shape index (κ3) is 4.60. The van der Waals surface area contributed by atoms with E-state index in [0.29, 0.717) is 33.4 Å². The van der Waals surface area contributed by atoms with E-state index >= 15 is 0 Å². The number of aryl methyl sites for hydroxylation is 1. The normalized spacial score (nSPS) is 10.4. The number of nitrogen functional groups attached to an aromatic ring is 1. The Hall–Kier alpha value is -4.84. The molecule has 33 heavy (non-hydrogen) atoms. The van der Waals surface area contributed by atoms with Crippen molar-refractivity contribution in [1.29, 1.82) is 5.26 Å². The van der Waals surface area contributed by atoms with Gasteiger partial charge in [-0.25, -0.2) is 9.97 Å². The summed E-state index contributed by atoms with van der Waals surface area (Å²) in [6, 6.07) is 14.2. The van der Waals surface area contributed by atoms with E-state index in [0.717, 1.165) is 11.1 Å². The number of amides is 2. The minimum Gasteiger partial charge on any atom is -0.383 e. The number of pyridine rings is 3. The van der Waals surface area contributed by atoms with Gasteiger partial charge in [0.25, 0.3) is 0 Å². The molecule has 4 rings (SSSR count). The molecular formula is C24H19N7O2.